The van der Waals surface area contributed by atoms with Crippen molar-refractivity contribution in [3.8, 4) is 0 Å². The van der Waals surface area contributed by atoms with Crippen LogP contribution in [0.1, 0.15) is 22.3 Å². The molecule has 3 aromatic rings. The van der Waals surface area contributed by atoms with Crippen LogP contribution in [0.2, 0.25) is 5.02 Å². The van der Waals surface area contributed by atoms with E-state index in [4.69, 9.17) is 11.6 Å². The van der Waals surface area contributed by atoms with Crippen molar-refractivity contribution in [2.75, 3.05) is 5.32 Å². The zero-order valence-electron chi connectivity index (χ0n) is 14.1. The van der Waals surface area contributed by atoms with E-state index in [9.17, 15) is 5.21 Å². The van der Waals surface area contributed by atoms with Crippen molar-refractivity contribution in [2.24, 2.45) is 5.16 Å². The summed E-state index contributed by atoms with van der Waals surface area (Å²) < 4.78 is 0. The summed E-state index contributed by atoms with van der Waals surface area (Å²) in [4.78, 5) is 0. The van der Waals surface area contributed by atoms with Crippen molar-refractivity contribution in [1.82, 2.24) is 0 Å². The fraction of sp³-hybridized carbons (Fsp3) is 0.0952. The molecule has 2 N–H and O–H groups in total. The predicted octanol–water partition coefficient (Wildman–Crippen LogP) is 5.93. The van der Waals surface area contributed by atoms with Gasteiger partial charge in [0.2, 0.25) is 0 Å². The Bertz CT molecular complexity index is 935. The number of anilines is 2. The van der Waals surface area contributed by atoms with Crippen LogP contribution in [0.4, 0.5) is 11.4 Å². The number of benzene rings is 3. The van der Waals surface area contributed by atoms with E-state index >= 15 is 0 Å². The second kappa shape index (κ2) is 7.41. The molecule has 3 aromatic carbocycles. The van der Waals surface area contributed by atoms with Crippen LogP contribution in [0.3, 0.4) is 0 Å². The van der Waals surface area contributed by atoms with E-state index in [1.54, 1.807) is 0 Å². The lowest BCUT2D eigenvalue weighted by atomic mass is 9.98. The number of halogens is 1. The molecule has 0 unspecified atom stereocenters. The molecule has 0 heterocycles. The van der Waals surface area contributed by atoms with Crippen molar-refractivity contribution in [1.29, 1.82) is 0 Å². The van der Waals surface area contributed by atoms with Crippen LogP contribution in [0, 0.1) is 13.8 Å². The second-order valence-corrected chi connectivity index (χ2v) is 6.31. The molecular weight excluding hydrogens is 332 g/mol. The molecule has 0 saturated carbocycles. The van der Waals surface area contributed by atoms with Crippen LogP contribution in [0.25, 0.3) is 0 Å². The van der Waals surface area contributed by atoms with Crippen molar-refractivity contribution >= 4 is 28.7 Å². The third-order valence-corrected chi connectivity index (χ3v) is 4.46. The zero-order chi connectivity index (χ0) is 17.8. The van der Waals surface area contributed by atoms with Gasteiger partial charge in [0, 0.05) is 22.5 Å². The summed E-state index contributed by atoms with van der Waals surface area (Å²) >= 11 is 6.48. The maximum absolute atomic E-state index is 9.54. The zero-order valence-corrected chi connectivity index (χ0v) is 14.9. The fourth-order valence-corrected chi connectivity index (χ4v) is 3.02. The van der Waals surface area contributed by atoms with E-state index in [-0.39, 0.29) is 0 Å². The van der Waals surface area contributed by atoms with Crippen molar-refractivity contribution in [3.05, 3.63) is 94.0 Å². The molecule has 0 spiro atoms. The van der Waals surface area contributed by atoms with Crippen LogP contribution in [0.5, 0.6) is 0 Å². The smallest absolute Gasteiger partial charge is 0.118 e. The number of rotatable bonds is 4. The first kappa shape index (κ1) is 17.1. The number of hydrogen-bond acceptors (Lipinski definition) is 3. The number of para-hydroxylation sites is 1. The third-order valence-electron chi connectivity index (χ3n) is 4.15. The average Bonchev–Trinajstić information content (AvgIpc) is 2.61. The Morgan fingerprint density at radius 2 is 1.56 bits per heavy atom. The summed E-state index contributed by atoms with van der Waals surface area (Å²) in [6.45, 7) is 4.02. The Morgan fingerprint density at radius 3 is 2.20 bits per heavy atom. The van der Waals surface area contributed by atoms with E-state index < -0.39 is 0 Å². The average molecular weight is 351 g/mol. The Kier molecular flexibility index (Phi) is 5.05. The van der Waals surface area contributed by atoms with Gasteiger partial charge in [-0.25, -0.2) is 0 Å². The van der Waals surface area contributed by atoms with Gasteiger partial charge >= 0.3 is 0 Å². The van der Waals surface area contributed by atoms with Gasteiger partial charge in [-0.15, -0.1) is 0 Å². The topological polar surface area (TPSA) is 44.6 Å². The van der Waals surface area contributed by atoms with Gasteiger partial charge in [0.1, 0.15) is 5.71 Å². The largest absolute Gasteiger partial charge is 0.410 e. The number of nitrogens with one attached hydrogen (secondary N) is 1. The molecule has 126 valence electrons. The first-order valence-electron chi connectivity index (χ1n) is 8.01. The molecule has 3 rings (SSSR count). The highest BCUT2D eigenvalue weighted by Gasteiger charge is 2.14. The summed E-state index contributed by atoms with van der Waals surface area (Å²) in [6.07, 6.45) is 0. The second-order valence-electron chi connectivity index (χ2n) is 5.90. The molecule has 0 aliphatic rings. The van der Waals surface area contributed by atoms with Gasteiger partial charge in [-0.05, 0) is 49.2 Å². The highest BCUT2D eigenvalue weighted by atomic mass is 35.5. The normalized spacial score (nSPS) is 11.4. The number of oxime groups is 1. The molecule has 4 heteroatoms. The molecule has 3 nitrogen and oxygen atoms in total. The minimum absolute atomic E-state index is 0.463. The molecule has 0 saturated heterocycles. The quantitative estimate of drug-likeness (QED) is 0.348. The summed E-state index contributed by atoms with van der Waals surface area (Å²) in [5, 5.41) is 16.9. The van der Waals surface area contributed by atoms with Crippen molar-refractivity contribution in [3.63, 3.8) is 0 Å². The van der Waals surface area contributed by atoms with Gasteiger partial charge in [-0.2, -0.15) is 0 Å². The minimum atomic E-state index is 0.463. The molecule has 0 fully saturated rings. The molecule has 0 radical (unpaired) electrons. The van der Waals surface area contributed by atoms with Gasteiger partial charge in [0.25, 0.3) is 0 Å². The van der Waals surface area contributed by atoms with Gasteiger partial charge in [-0.3, -0.25) is 0 Å². The molecule has 25 heavy (non-hydrogen) atoms. The first-order chi connectivity index (χ1) is 12.1. The SMILES string of the molecule is Cc1ccccc1Nc1ccc(C(=NO)c2ccccc2C)c(Cl)c1. The molecule has 0 aromatic heterocycles. The lowest BCUT2D eigenvalue weighted by molar-refractivity contribution is 0.319. The summed E-state index contributed by atoms with van der Waals surface area (Å²) in [5.41, 5.74) is 6.09. The van der Waals surface area contributed by atoms with Crippen LogP contribution in [0.15, 0.2) is 71.9 Å². The standard InChI is InChI=1S/C21H19ClN2O/c1-14-7-3-5-9-17(14)21(24-25)18-12-11-16(13-19(18)22)23-20-10-6-4-8-15(20)2/h3-13,23,25H,1-2H3. The van der Waals surface area contributed by atoms with Crippen LogP contribution in [-0.4, -0.2) is 10.9 Å². The van der Waals surface area contributed by atoms with E-state index in [0.717, 1.165) is 28.1 Å². The number of hydrogen-bond donors (Lipinski definition) is 2. The van der Waals surface area contributed by atoms with E-state index in [1.807, 2.05) is 80.6 Å². The lowest BCUT2D eigenvalue weighted by Gasteiger charge is -2.13. The predicted molar refractivity (Wildman–Crippen MR) is 105 cm³/mol. The summed E-state index contributed by atoms with van der Waals surface area (Å²) in [5.74, 6) is 0. The van der Waals surface area contributed by atoms with Gasteiger partial charge in [0.15, 0.2) is 0 Å². The minimum Gasteiger partial charge on any atom is -0.410 e. The Hall–Kier alpha value is -2.78. The Balaban J connectivity index is 1.94. The van der Waals surface area contributed by atoms with Gasteiger partial charge in [-0.1, -0.05) is 59.2 Å². The molecule has 0 bridgehead atoms. The fourth-order valence-electron chi connectivity index (χ4n) is 2.74. The Morgan fingerprint density at radius 1 is 0.880 bits per heavy atom. The third kappa shape index (κ3) is 3.67. The molecular formula is C21H19ClN2O. The van der Waals surface area contributed by atoms with Crippen molar-refractivity contribution < 1.29 is 5.21 Å². The van der Waals surface area contributed by atoms with Crippen LogP contribution in [-0.2, 0) is 0 Å². The number of nitrogens with zero attached hydrogens (tertiary/aromatic N) is 1. The van der Waals surface area contributed by atoms with E-state index in [1.165, 1.54) is 0 Å². The monoisotopic (exact) mass is 350 g/mol. The Labute approximate surface area is 152 Å². The molecule has 0 aliphatic heterocycles. The molecule has 0 atom stereocenters. The van der Waals surface area contributed by atoms with Gasteiger partial charge in [0.05, 0.1) is 5.02 Å². The lowest BCUT2D eigenvalue weighted by Crippen LogP contribution is -2.06. The van der Waals surface area contributed by atoms with E-state index in [0.29, 0.717) is 16.3 Å². The number of aryl methyl sites for hydroxylation is 2. The van der Waals surface area contributed by atoms with Crippen molar-refractivity contribution in [2.45, 2.75) is 13.8 Å². The summed E-state index contributed by atoms with van der Waals surface area (Å²) in [6, 6.07) is 21.4. The van der Waals surface area contributed by atoms with Gasteiger partial charge < -0.3 is 10.5 Å². The highest BCUT2D eigenvalue weighted by Crippen LogP contribution is 2.27. The van der Waals surface area contributed by atoms with E-state index in [2.05, 4.69) is 10.5 Å². The highest BCUT2D eigenvalue weighted by molar-refractivity contribution is 6.35. The maximum atomic E-state index is 9.54. The molecule has 0 aliphatic carbocycles. The summed E-state index contributed by atoms with van der Waals surface area (Å²) in [7, 11) is 0. The van der Waals surface area contributed by atoms with Crippen LogP contribution >= 0.6 is 11.6 Å². The van der Waals surface area contributed by atoms with Crippen LogP contribution < -0.4 is 5.32 Å². The first-order valence-corrected chi connectivity index (χ1v) is 8.38. The maximum Gasteiger partial charge on any atom is 0.118 e. The molecule has 0 amide bonds.